The van der Waals surface area contributed by atoms with E-state index in [4.69, 9.17) is 5.73 Å². The van der Waals surface area contributed by atoms with Crippen molar-refractivity contribution in [2.45, 2.75) is 33.2 Å². The number of rotatable bonds is 7. The summed E-state index contributed by atoms with van der Waals surface area (Å²) >= 11 is 0. The summed E-state index contributed by atoms with van der Waals surface area (Å²) in [5, 5.41) is 3.02. The van der Waals surface area contributed by atoms with Crippen molar-refractivity contribution in [3.05, 3.63) is 54.4 Å². The summed E-state index contributed by atoms with van der Waals surface area (Å²) in [6.45, 7) is 4.93. The van der Waals surface area contributed by atoms with Crippen molar-refractivity contribution in [3.8, 4) is 11.1 Å². The fraction of sp³-hybridized carbons (Fsp3) is 0.368. The van der Waals surface area contributed by atoms with Gasteiger partial charge < -0.3 is 11.1 Å². The molecule has 2 aromatic rings. The fourth-order valence-corrected chi connectivity index (χ4v) is 2.67. The highest BCUT2D eigenvalue weighted by atomic mass is 16.2. The molecule has 3 N–H and O–H groups in total. The summed E-state index contributed by atoms with van der Waals surface area (Å²) in [5.74, 6) is 0.0429. The molecule has 1 aromatic carbocycles. The van der Waals surface area contributed by atoms with Crippen molar-refractivity contribution in [3.63, 3.8) is 0 Å². The van der Waals surface area contributed by atoms with E-state index in [0.29, 0.717) is 13.1 Å². The summed E-state index contributed by atoms with van der Waals surface area (Å²) in [4.78, 5) is 16.6. The van der Waals surface area contributed by atoms with Crippen LogP contribution in [0.5, 0.6) is 0 Å². The highest BCUT2D eigenvalue weighted by molar-refractivity contribution is 5.82. The predicted molar refractivity (Wildman–Crippen MR) is 93.6 cm³/mol. The van der Waals surface area contributed by atoms with E-state index in [0.717, 1.165) is 29.5 Å². The number of benzene rings is 1. The van der Waals surface area contributed by atoms with Crippen LogP contribution in [0.2, 0.25) is 0 Å². The van der Waals surface area contributed by atoms with Gasteiger partial charge in [-0.15, -0.1) is 0 Å². The average molecular weight is 311 g/mol. The number of nitrogens with zero attached hydrogens (tertiary/aromatic N) is 1. The van der Waals surface area contributed by atoms with Gasteiger partial charge in [-0.25, -0.2) is 0 Å². The Bertz CT molecular complexity index is 611. The summed E-state index contributed by atoms with van der Waals surface area (Å²) in [7, 11) is 0. The van der Waals surface area contributed by atoms with Crippen molar-refractivity contribution < 1.29 is 4.79 Å². The van der Waals surface area contributed by atoms with E-state index in [1.165, 1.54) is 0 Å². The first-order chi connectivity index (χ1) is 11.1. The zero-order valence-electron chi connectivity index (χ0n) is 13.9. The summed E-state index contributed by atoms with van der Waals surface area (Å²) < 4.78 is 0. The molecule has 0 spiro atoms. The van der Waals surface area contributed by atoms with Gasteiger partial charge in [-0.3, -0.25) is 9.78 Å². The quantitative estimate of drug-likeness (QED) is 0.825. The molecule has 4 nitrogen and oxygen atoms in total. The van der Waals surface area contributed by atoms with Gasteiger partial charge in [0.05, 0.1) is 5.41 Å². The molecule has 2 rings (SSSR count). The number of pyridine rings is 1. The number of hydrogen-bond acceptors (Lipinski definition) is 3. The minimum atomic E-state index is -0.449. The Morgan fingerprint density at radius 3 is 2.35 bits per heavy atom. The van der Waals surface area contributed by atoms with E-state index in [1.54, 1.807) is 6.20 Å². The van der Waals surface area contributed by atoms with Crippen LogP contribution in [0.4, 0.5) is 0 Å². The van der Waals surface area contributed by atoms with Gasteiger partial charge >= 0.3 is 0 Å². The van der Waals surface area contributed by atoms with E-state index >= 15 is 0 Å². The third-order valence-electron chi connectivity index (χ3n) is 4.63. The molecule has 0 aliphatic heterocycles. The molecule has 0 fully saturated rings. The first kappa shape index (κ1) is 17.2. The molecule has 0 aliphatic rings. The minimum absolute atomic E-state index is 0.0429. The van der Waals surface area contributed by atoms with Gasteiger partial charge in [0.1, 0.15) is 0 Å². The SMILES string of the molecule is CCC(CC)(CN)C(=O)NCc1ccc(-c2cccnc2)cc1. The molecular weight excluding hydrogens is 286 g/mol. The second kappa shape index (κ2) is 7.88. The smallest absolute Gasteiger partial charge is 0.227 e. The molecular formula is C19H25N3O. The molecule has 0 radical (unpaired) electrons. The number of nitrogens with one attached hydrogen (secondary N) is 1. The molecule has 0 bridgehead atoms. The molecule has 0 saturated heterocycles. The highest BCUT2D eigenvalue weighted by Gasteiger charge is 2.32. The van der Waals surface area contributed by atoms with E-state index < -0.39 is 5.41 Å². The van der Waals surface area contributed by atoms with Gasteiger partial charge in [-0.05, 0) is 35.6 Å². The van der Waals surface area contributed by atoms with E-state index in [2.05, 4.69) is 10.3 Å². The molecule has 122 valence electrons. The number of aromatic nitrogens is 1. The van der Waals surface area contributed by atoms with Crippen LogP contribution in [0.25, 0.3) is 11.1 Å². The second-order valence-corrected chi connectivity index (χ2v) is 5.81. The highest BCUT2D eigenvalue weighted by Crippen LogP contribution is 2.25. The first-order valence-electron chi connectivity index (χ1n) is 8.13. The van der Waals surface area contributed by atoms with Crippen LogP contribution in [-0.2, 0) is 11.3 Å². The number of amides is 1. The molecule has 0 atom stereocenters. The summed E-state index contributed by atoms with van der Waals surface area (Å²) in [6, 6.07) is 12.1. The largest absolute Gasteiger partial charge is 0.352 e. The molecule has 1 heterocycles. The Balaban J connectivity index is 2.00. The number of nitrogens with two attached hydrogens (primary N) is 1. The van der Waals surface area contributed by atoms with Crippen molar-refractivity contribution in [2.75, 3.05) is 6.54 Å². The van der Waals surface area contributed by atoms with Crippen LogP contribution in [0.15, 0.2) is 48.8 Å². The number of hydrogen-bond donors (Lipinski definition) is 2. The standard InChI is InChI=1S/C19H25N3O/c1-3-19(4-2,14-20)18(23)22-12-15-7-9-16(10-8-15)17-6-5-11-21-13-17/h5-11,13H,3-4,12,14,20H2,1-2H3,(H,22,23). The lowest BCUT2D eigenvalue weighted by atomic mass is 9.81. The lowest BCUT2D eigenvalue weighted by Gasteiger charge is -2.28. The number of carbonyl (C=O) groups excluding carboxylic acids is 1. The lowest BCUT2D eigenvalue weighted by molar-refractivity contribution is -0.131. The molecule has 1 aromatic heterocycles. The van der Waals surface area contributed by atoms with Crippen LogP contribution < -0.4 is 11.1 Å². The monoisotopic (exact) mass is 311 g/mol. The van der Waals surface area contributed by atoms with Crippen LogP contribution >= 0.6 is 0 Å². The molecule has 23 heavy (non-hydrogen) atoms. The zero-order valence-corrected chi connectivity index (χ0v) is 13.9. The Morgan fingerprint density at radius 2 is 1.83 bits per heavy atom. The minimum Gasteiger partial charge on any atom is -0.352 e. The van der Waals surface area contributed by atoms with Gasteiger partial charge in [-0.2, -0.15) is 0 Å². The molecule has 0 unspecified atom stereocenters. The third kappa shape index (κ3) is 3.96. The lowest BCUT2D eigenvalue weighted by Crippen LogP contribution is -2.45. The third-order valence-corrected chi connectivity index (χ3v) is 4.63. The van der Waals surface area contributed by atoms with Crippen molar-refractivity contribution in [1.29, 1.82) is 0 Å². The van der Waals surface area contributed by atoms with Crippen molar-refractivity contribution in [2.24, 2.45) is 11.1 Å². The van der Waals surface area contributed by atoms with Crippen LogP contribution in [-0.4, -0.2) is 17.4 Å². The molecule has 0 aliphatic carbocycles. The van der Waals surface area contributed by atoms with Crippen LogP contribution in [0, 0.1) is 5.41 Å². The maximum absolute atomic E-state index is 12.4. The Morgan fingerprint density at radius 1 is 1.13 bits per heavy atom. The van der Waals surface area contributed by atoms with Gasteiger partial charge in [0.2, 0.25) is 5.91 Å². The van der Waals surface area contributed by atoms with Crippen molar-refractivity contribution in [1.82, 2.24) is 10.3 Å². The zero-order chi connectivity index (χ0) is 16.7. The second-order valence-electron chi connectivity index (χ2n) is 5.81. The molecule has 4 heteroatoms. The summed E-state index contributed by atoms with van der Waals surface area (Å²) in [6.07, 6.45) is 5.12. The summed E-state index contributed by atoms with van der Waals surface area (Å²) in [5.41, 5.74) is 8.64. The van der Waals surface area contributed by atoms with Gasteiger partial charge in [-0.1, -0.05) is 44.2 Å². The normalized spacial score (nSPS) is 11.3. The Labute approximate surface area is 138 Å². The fourth-order valence-electron chi connectivity index (χ4n) is 2.67. The van der Waals surface area contributed by atoms with Gasteiger partial charge in [0, 0.05) is 25.5 Å². The first-order valence-corrected chi connectivity index (χ1v) is 8.13. The van der Waals surface area contributed by atoms with Crippen LogP contribution in [0.1, 0.15) is 32.3 Å². The topological polar surface area (TPSA) is 68.0 Å². The van der Waals surface area contributed by atoms with Crippen LogP contribution in [0.3, 0.4) is 0 Å². The van der Waals surface area contributed by atoms with Gasteiger partial charge in [0.15, 0.2) is 0 Å². The average Bonchev–Trinajstić information content (AvgIpc) is 2.63. The molecule has 0 saturated carbocycles. The molecule has 1 amide bonds. The Kier molecular flexibility index (Phi) is 5.88. The van der Waals surface area contributed by atoms with Crippen molar-refractivity contribution >= 4 is 5.91 Å². The predicted octanol–water partition coefficient (Wildman–Crippen LogP) is 3.13. The number of carbonyl (C=O) groups is 1. The maximum Gasteiger partial charge on any atom is 0.227 e. The van der Waals surface area contributed by atoms with Gasteiger partial charge in [0.25, 0.3) is 0 Å². The maximum atomic E-state index is 12.4. The van der Waals surface area contributed by atoms with E-state index in [-0.39, 0.29) is 5.91 Å². The Hall–Kier alpha value is -2.20. The van der Waals surface area contributed by atoms with E-state index in [1.807, 2.05) is 56.4 Å². The van der Waals surface area contributed by atoms with E-state index in [9.17, 15) is 4.79 Å².